The van der Waals surface area contributed by atoms with Crippen LogP contribution in [0.25, 0.3) is 17.4 Å². The smallest absolute Gasteiger partial charge is 0.335 e. The van der Waals surface area contributed by atoms with Crippen LogP contribution in [0.15, 0.2) is 58.5 Å². The number of non-ortho nitro benzene ring substituents is 1. The Bertz CT molecular complexity index is 1370. The van der Waals surface area contributed by atoms with Crippen LogP contribution in [-0.2, 0) is 9.59 Å². The molecule has 0 aliphatic carbocycles. The molecule has 10 heteroatoms. The number of nitro benzene ring substituents is 1. The molecule has 2 aromatic carbocycles. The van der Waals surface area contributed by atoms with Gasteiger partial charge in [-0.3, -0.25) is 25.0 Å². The monoisotopic (exact) mass is 465 g/mol. The van der Waals surface area contributed by atoms with E-state index in [1.807, 2.05) is 0 Å². The first-order valence-electron chi connectivity index (χ1n) is 9.69. The van der Waals surface area contributed by atoms with E-state index in [-0.39, 0.29) is 22.7 Å². The summed E-state index contributed by atoms with van der Waals surface area (Å²) in [6.07, 6.45) is 1.22. The molecule has 166 valence electrons. The second-order valence-electron chi connectivity index (χ2n) is 7.30. The van der Waals surface area contributed by atoms with Gasteiger partial charge in [0.1, 0.15) is 17.1 Å². The molecule has 0 bridgehead atoms. The van der Waals surface area contributed by atoms with E-state index in [1.165, 1.54) is 24.3 Å². The van der Waals surface area contributed by atoms with Gasteiger partial charge < -0.3 is 4.42 Å². The number of halogens is 1. The van der Waals surface area contributed by atoms with Crippen molar-refractivity contribution < 1.29 is 23.7 Å². The summed E-state index contributed by atoms with van der Waals surface area (Å²) >= 11 is 6.12. The van der Waals surface area contributed by atoms with Crippen molar-refractivity contribution in [1.29, 1.82) is 0 Å². The Balaban J connectivity index is 1.72. The summed E-state index contributed by atoms with van der Waals surface area (Å²) in [5.41, 5.74) is 1.58. The maximum absolute atomic E-state index is 13.1. The molecule has 33 heavy (non-hydrogen) atoms. The minimum absolute atomic E-state index is 0.0974. The molecule has 4 amide bonds. The number of nitro groups is 1. The highest BCUT2D eigenvalue weighted by molar-refractivity contribution is 6.39. The minimum Gasteiger partial charge on any atom is -0.457 e. The molecule has 4 rings (SSSR count). The Morgan fingerprint density at radius 3 is 2.58 bits per heavy atom. The molecule has 0 spiro atoms. The van der Waals surface area contributed by atoms with Gasteiger partial charge >= 0.3 is 6.03 Å². The zero-order chi connectivity index (χ0) is 23.9. The Kier molecular flexibility index (Phi) is 5.57. The van der Waals surface area contributed by atoms with Crippen LogP contribution in [0.2, 0.25) is 5.02 Å². The molecular formula is C23H16ClN3O6. The third-order valence-corrected chi connectivity index (χ3v) is 5.60. The number of nitrogens with zero attached hydrogens (tertiary/aromatic N) is 2. The number of imide groups is 2. The van der Waals surface area contributed by atoms with Crippen molar-refractivity contribution in [1.82, 2.24) is 5.32 Å². The Hall–Kier alpha value is -4.24. The molecular weight excluding hydrogens is 450 g/mol. The van der Waals surface area contributed by atoms with Gasteiger partial charge in [-0.15, -0.1) is 0 Å². The van der Waals surface area contributed by atoms with Crippen LogP contribution in [0.1, 0.15) is 16.9 Å². The summed E-state index contributed by atoms with van der Waals surface area (Å²) in [6, 6.07) is 11.3. The number of benzene rings is 2. The van der Waals surface area contributed by atoms with Crippen molar-refractivity contribution in [3.8, 4) is 11.3 Å². The summed E-state index contributed by atoms with van der Waals surface area (Å²) in [5, 5.41) is 13.6. The number of nitrogens with one attached hydrogen (secondary N) is 1. The SMILES string of the molecule is Cc1ccc([N+](=O)[O-])cc1-c1ccc(/C=C2\C(=O)NC(=O)N(c3cccc(Cl)c3C)C2=O)o1. The lowest BCUT2D eigenvalue weighted by molar-refractivity contribution is -0.384. The quantitative estimate of drug-likeness (QED) is 0.256. The minimum atomic E-state index is -0.889. The van der Waals surface area contributed by atoms with E-state index in [1.54, 1.807) is 44.2 Å². The van der Waals surface area contributed by atoms with Crippen molar-refractivity contribution in [2.45, 2.75) is 13.8 Å². The van der Waals surface area contributed by atoms with E-state index >= 15 is 0 Å². The lowest BCUT2D eigenvalue weighted by atomic mass is 10.1. The van der Waals surface area contributed by atoms with Gasteiger partial charge in [0.05, 0.1) is 10.6 Å². The topological polar surface area (TPSA) is 123 Å². The molecule has 1 fully saturated rings. The second-order valence-corrected chi connectivity index (χ2v) is 7.71. The van der Waals surface area contributed by atoms with E-state index in [0.717, 1.165) is 10.5 Å². The summed E-state index contributed by atoms with van der Waals surface area (Å²) in [4.78, 5) is 49.3. The van der Waals surface area contributed by atoms with Crippen molar-refractivity contribution in [2.24, 2.45) is 0 Å². The van der Waals surface area contributed by atoms with E-state index in [0.29, 0.717) is 21.9 Å². The van der Waals surface area contributed by atoms with Crippen LogP contribution in [0, 0.1) is 24.0 Å². The fourth-order valence-electron chi connectivity index (χ4n) is 3.42. The zero-order valence-electron chi connectivity index (χ0n) is 17.4. The number of furan rings is 1. The Morgan fingerprint density at radius 1 is 1.09 bits per heavy atom. The number of carbonyl (C=O) groups excluding carboxylic acids is 3. The predicted molar refractivity (Wildman–Crippen MR) is 121 cm³/mol. The third kappa shape index (κ3) is 4.01. The summed E-state index contributed by atoms with van der Waals surface area (Å²) in [6.45, 7) is 3.42. The third-order valence-electron chi connectivity index (χ3n) is 5.19. The molecule has 0 radical (unpaired) electrons. The van der Waals surface area contributed by atoms with Gasteiger partial charge in [0, 0.05) is 22.7 Å². The summed E-state index contributed by atoms with van der Waals surface area (Å²) < 4.78 is 5.74. The molecule has 1 aliphatic rings. The highest BCUT2D eigenvalue weighted by Gasteiger charge is 2.37. The van der Waals surface area contributed by atoms with Crippen molar-refractivity contribution in [2.75, 3.05) is 4.90 Å². The lowest BCUT2D eigenvalue weighted by Crippen LogP contribution is -2.54. The molecule has 1 aliphatic heterocycles. The van der Waals surface area contributed by atoms with E-state index in [9.17, 15) is 24.5 Å². The van der Waals surface area contributed by atoms with Gasteiger partial charge in [0.2, 0.25) is 0 Å². The Morgan fingerprint density at radius 2 is 1.85 bits per heavy atom. The van der Waals surface area contributed by atoms with Crippen LogP contribution in [0.4, 0.5) is 16.2 Å². The largest absolute Gasteiger partial charge is 0.457 e. The predicted octanol–water partition coefficient (Wildman–Crippen LogP) is 4.79. The normalized spacial score (nSPS) is 15.2. The second kappa shape index (κ2) is 8.36. The van der Waals surface area contributed by atoms with Gasteiger partial charge in [-0.1, -0.05) is 23.7 Å². The van der Waals surface area contributed by atoms with Crippen LogP contribution in [0.5, 0.6) is 0 Å². The lowest BCUT2D eigenvalue weighted by Gasteiger charge is -2.27. The summed E-state index contributed by atoms with van der Waals surface area (Å²) in [5.74, 6) is -1.22. The van der Waals surface area contributed by atoms with Gasteiger partial charge in [0.25, 0.3) is 17.5 Å². The van der Waals surface area contributed by atoms with Crippen LogP contribution in [0.3, 0.4) is 0 Å². The Labute approximate surface area is 192 Å². The highest BCUT2D eigenvalue weighted by Crippen LogP contribution is 2.32. The average Bonchev–Trinajstić information content (AvgIpc) is 3.22. The van der Waals surface area contributed by atoms with E-state index < -0.39 is 22.8 Å². The molecule has 1 aromatic heterocycles. The molecule has 1 N–H and O–H groups in total. The summed E-state index contributed by atoms with van der Waals surface area (Å²) in [7, 11) is 0. The molecule has 9 nitrogen and oxygen atoms in total. The molecule has 3 aromatic rings. The first-order chi connectivity index (χ1) is 15.7. The van der Waals surface area contributed by atoms with Crippen molar-refractivity contribution >= 4 is 46.9 Å². The van der Waals surface area contributed by atoms with Crippen LogP contribution >= 0.6 is 11.6 Å². The van der Waals surface area contributed by atoms with Gasteiger partial charge in [0.15, 0.2) is 0 Å². The standard InChI is InChI=1S/C23H16ClN3O6/c1-12-6-7-14(27(31)32)10-16(12)20-9-8-15(33-20)11-17-21(28)25-23(30)26(22(17)29)19-5-3-4-18(24)13(19)2/h3-11H,1-2H3,(H,25,28,30)/b17-11+. The van der Waals surface area contributed by atoms with E-state index in [2.05, 4.69) is 5.32 Å². The molecule has 2 heterocycles. The number of rotatable bonds is 4. The fourth-order valence-corrected chi connectivity index (χ4v) is 3.59. The number of urea groups is 1. The number of carbonyl (C=O) groups is 3. The van der Waals surface area contributed by atoms with Gasteiger partial charge in [-0.2, -0.15) is 0 Å². The molecule has 0 unspecified atom stereocenters. The average molecular weight is 466 g/mol. The van der Waals surface area contributed by atoms with Gasteiger partial charge in [-0.05, 0) is 55.3 Å². The van der Waals surface area contributed by atoms with E-state index in [4.69, 9.17) is 16.0 Å². The van der Waals surface area contributed by atoms with Crippen LogP contribution in [-0.4, -0.2) is 22.8 Å². The molecule has 0 saturated carbocycles. The molecule has 1 saturated heterocycles. The number of amides is 4. The maximum Gasteiger partial charge on any atom is 0.335 e. The number of hydrogen-bond donors (Lipinski definition) is 1. The van der Waals surface area contributed by atoms with Gasteiger partial charge in [-0.25, -0.2) is 9.69 Å². The number of aryl methyl sites for hydroxylation is 1. The number of hydrogen-bond acceptors (Lipinski definition) is 6. The number of barbiturate groups is 1. The highest BCUT2D eigenvalue weighted by atomic mass is 35.5. The first-order valence-corrected chi connectivity index (χ1v) is 10.1. The van der Waals surface area contributed by atoms with Crippen molar-refractivity contribution in [3.63, 3.8) is 0 Å². The fraction of sp³-hybridized carbons (Fsp3) is 0.0870. The zero-order valence-corrected chi connectivity index (χ0v) is 18.2. The van der Waals surface area contributed by atoms with Crippen molar-refractivity contribution in [3.05, 3.63) is 86.1 Å². The first kappa shape index (κ1) is 22.0. The number of anilines is 1. The van der Waals surface area contributed by atoms with Crippen LogP contribution < -0.4 is 10.2 Å². The maximum atomic E-state index is 13.1. The molecule has 0 atom stereocenters.